The molecule has 1 N–H and O–H groups in total. The highest BCUT2D eigenvalue weighted by Crippen LogP contribution is 2.31. The second-order valence-corrected chi connectivity index (χ2v) is 6.16. The molecule has 0 aromatic heterocycles. The molecule has 0 aromatic rings. The minimum absolute atomic E-state index is 0.715. The summed E-state index contributed by atoms with van der Waals surface area (Å²) in [6, 6.07) is 0. The Morgan fingerprint density at radius 2 is 2.33 bits per heavy atom. The van der Waals surface area contributed by atoms with Gasteiger partial charge in [-0.3, -0.25) is 0 Å². The maximum Gasteiger partial charge on any atom is 0.0267 e. The lowest BCUT2D eigenvalue weighted by atomic mass is 9.97. The van der Waals surface area contributed by atoms with E-state index in [2.05, 4.69) is 48.3 Å². The van der Waals surface area contributed by atoms with Gasteiger partial charge in [-0.25, -0.2) is 0 Å². The first-order chi connectivity index (χ1) is 7.36. The average molecular weight is 223 g/mol. The largest absolute Gasteiger partial charge is 0.316 e. The van der Waals surface area contributed by atoms with Crippen molar-refractivity contribution in [2.75, 3.05) is 13.1 Å². The van der Waals surface area contributed by atoms with Gasteiger partial charge in [-0.2, -0.15) is 11.8 Å². The van der Waals surface area contributed by atoms with Crippen LogP contribution < -0.4 is 5.32 Å². The van der Waals surface area contributed by atoms with Crippen LogP contribution in [0.2, 0.25) is 0 Å². The summed E-state index contributed by atoms with van der Waals surface area (Å²) in [6.07, 6.45) is 13.0. The molecule has 0 spiro atoms. The Morgan fingerprint density at radius 1 is 1.40 bits per heavy atom. The molecule has 3 unspecified atom stereocenters. The summed E-state index contributed by atoms with van der Waals surface area (Å²) in [6.45, 7) is 4.84. The Hall–Kier alpha value is -0.210. The van der Waals surface area contributed by atoms with E-state index in [1.807, 2.05) is 0 Å². The van der Waals surface area contributed by atoms with Gasteiger partial charge in [-0.1, -0.05) is 31.2 Å². The van der Waals surface area contributed by atoms with E-state index < -0.39 is 0 Å². The van der Waals surface area contributed by atoms with Crippen molar-refractivity contribution in [2.45, 2.75) is 36.7 Å². The molecule has 1 saturated heterocycles. The first-order valence-electron chi connectivity index (χ1n) is 6.06. The quantitative estimate of drug-likeness (QED) is 0.789. The molecule has 1 fully saturated rings. The van der Waals surface area contributed by atoms with E-state index in [1.54, 1.807) is 0 Å². The minimum Gasteiger partial charge on any atom is -0.316 e. The Labute approximate surface area is 97.4 Å². The molecule has 0 saturated carbocycles. The summed E-state index contributed by atoms with van der Waals surface area (Å²) in [5.74, 6) is 0.878. The smallest absolute Gasteiger partial charge is 0.0267 e. The Balaban J connectivity index is 1.77. The van der Waals surface area contributed by atoms with E-state index in [4.69, 9.17) is 0 Å². The maximum absolute atomic E-state index is 3.51. The lowest BCUT2D eigenvalue weighted by Crippen LogP contribution is -2.35. The van der Waals surface area contributed by atoms with E-state index in [9.17, 15) is 0 Å². The van der Waals surface area contributed by atoms with Gasteiger partial charge in [-0.15, -0.1) is 0 Å². The topological polar surface area (TPSA) is 12.0 Å². The van der Waals surface area contributed by atoms with Gasteiger partial charge < -0.3 is 5.32 Å². The van der Waals surface area contributed by atoms with E-state index in [-0.39, 0.29) is 0 Å². The third-order valence-corrected chi connectivity index (χ3v) is 4.84. The fourth-order valence-corrected chi connectivity index (χ4v) is 3.73. The van der Waals surface area contributed by atoms with Crippen LogP contribution in [0.4, 0.5) is 0 Å². The molecular weight excluding hydrogens is 202 g/mol. The zero-order chi connectivity index (χ0) is 10.5. The van der Waals surface area contributed by atoms with Crippen LogP contribution in [0.25, 0.3) is 0 Å². The monoisotopic (exact) mass is 223 g/mol. The van der Waals surface area contributed by atoms with Crippen molar-refractivity contribution in [1.29, 1.82) is 0 Å². The van der Waals surface area contributed by atoms with Crippen molar-refractivity contribution in [3.05, 3.63) is 24.3 Å². The van der Waals surface area contributed by atoms with Crippen molar-refractivity contribution in [1.82, 2.24) is 5.32 Å². The SMILES string of the molecule is CC(SC1C=CC=CC1)C1CCCNC1. The number of rotatable bonds is 3. The minimum atomic E-state index is 0.715. The first-order valence-corrected chi connectivity index (χ1v) is 7.00. The van der Waals surface area contributed by atoms with Crippen LogP contribution in [0, 0.1) is 5.92 Å². The summed E-state index contributed by atoms with van der Waals surface area (Å²) in [5, 5.41) is 5.01. The van der Waals surface area contributed by atoms with Gasteiger partial charge in [0, 0.05) is 10.5 Å². The molecule has 84 valence electrons. The van der Waals surface area contributed by atoms with Gasteiger partial charge in [-0.05, 0) is 38.3 Å². The zero-order valence-electron chi connectivity index (χ0n) is 9.49. The standard InChI is InChI=1S/C13H21NS/c1-11(12-6-5-9-14-10-12)15-13-7-3-2-4-8-13/h2-4,7,11-14H,5-6,8-10H2,1H3. The summed E-state index contributed by atoms with van der Waals surface area (Å²) < 4.78 is 0. The molecule has 2 rings (SSSR count). The van der Waals surface area contributed by atoms with Crippen LogP contribution in [0.5, 0.6) is 0 Å². The second kappa shape index (κ2) is 5.76. The van der Waals surface area contributed by atoms with E-state index in [0.717, 1.165) is 11.2 Å². The zero-order valence-corrected chi connectivity index (χ0v) is 10.3. The first kappa shape index (κ1) is 11.3. The second-order valence-electron chi connectivity index (χ2n) is 4.53. The van der Waals surface area contributed by atoms with E-state index in [0.29, 0.717) is 5.25 Å². The number of allylic oxidation sites excluding steroid dienone is 3. The normalized spacial score (nSPS) is 32.9. The third-order valence-electron chi connectivity index (χ3n) is 3.33. The van der Waals surface area contributed by atoms with Gasteiger partial charge >= 0.3 is 0 Å². The number of hydrogen-bond donors (Lipinski definition) is 1. The van der Waals surface area contributed by atoms with Crippen LogP contribution in [-0.4, -0.2) is 23.6 Å². The molecular formula is C13H21NS. The molecule has 1 aliphatic heterocycles. The molecule has 1 nitrogen and oxygen atoms in total. The lowest BCUT2D eigenvalue weighted by molar-refractivity contribution is 0.376. The molecule has 0 amide bonds. The van der Waals surface area contributed by atoms with Crippen LogP contribution in [-0.2, 0) is 0 Å². The Bertz CT molecular complexity index is 241. The molecule has 3 atom stereocenters. The molecule has 2 aliphatic rings. The van der Waals surface area contributed by atoms with Gasteiger partial charge in [0.25, 0.3) is 0 Å². The lowest BCUT2D eigenvalue weighted by Gasteiger charge is -2.30. The van der Waals surface area contributed by atoms with Crippen molar-refractivity contribution in [2.24, 2.45) is 5.92 Å². The Kier molecular flexibility index (Phi) is 4.33. The summed E-state index contributed by atoms with van der Waals surface area (Å²) in [7, 11) is 0. The fraction of sp³-hybridized carbons (Fsp3) is 0.692. The summed E-state index contributed by atoms with van der Waals surface area (Å²) in [4.78, 5) is 0. The highest BCUT2D eigenvalue weighted by atomic mass is 32.2. The summed E-state index contributed by atoms with van der Waals surface area (Å²) >= 11 is 2.15. The van der Waals surface area contributed by atoms with Crippen LogP contribution >= 0.6 is 11.8 Å². The molecule has 2 heteroatoms. The predicted octanol–water partition coefficient (Wildman–Crippen LogP) is 2.99. The highest BCUT2D eigenvalue weighted by Gasteiger charge is 2.22. The molecule has 0 aromatic carbocycles. The molecule has 0 radical (unpaired) electrons. The van der Waals surface area contributed by atoms with E-state index in [1.165, 1.54) is 32.4 Å². The number of nitrogens with one attached hydrogen (secondary N) is 1. The highest BCUT2D eigenvalue weighted by molar-refractivity contribution is 8.00. The predicted molar refractivity (Wildman–Crippen MR) is 69.3 cm³/mol. The molecule has 1 heterocycles. The summed E-state index contributed by atoms with van der Waals surface area (Å²) in [5.41, 5.74) is 0. The van der Waals surface area contributed by atoms with Crippen molar-refractivity contribution in [3.63, 3.8) is 0 Å². The number of thioether (sulfide) groups is 1. The average Bonchev–Trinajstić information content (AvgIpc) is 2.31. The third kappa shape index (κ3) is 3.39. The van der Waals surface area contributed by atoms with Gasteiger partial charge in [0.15, 0.2) is 0 Å². The molecule has 15 heavy (non-hydrogen) atoms. The molecule has 1 aliphatic carbocycles. The van der Waals surface area contributed by atoms with Gasteiger partial charge in [0.1, 0.15) is 0 Å². The van der Waals surface area contributed by atoms with Crippen molar-refractivity contribution >= 4 is 11.8 Å². The van der Waals surface area contributed by atoms with Crippen LogP contribution in [0.3, 0.4) is 0 Å². The maximum atomic E-state index is 3.51. The van der Waals surface area contributed by atoms with Crippen LogP contribution in [0.1, 0.15) is 26.2 Å². The van der Waals surface area contributed by atoms with Crippen LogP contribution in [0.15, 0.2) is 24.3 Å². The van der Waals surface area contributed by atoms with Gasteiger partial charge in [0.05, 0.1) is 0 Å². The Morgan fingerprint density at radius 3 is 3.00 bits per heavy atom. The number of hydrogen-bond acceptors (Lipinski definition) is 2. The number of piperidine rings is 1. The molecule has 0 bridgehead atoms. The van der Waals surface area contributed by atoms with Crippen molar-refractivity contribution < 1.29 is 0 Å². The fourth-order valence-electron chi connectivity index (χ4n) is 2.33. The van der Waals surface area contributed by atoms with E-state index >= 15 is 0 Å². The van der Waals surface area contributed by atoms with Crippen molar-refractivity contribution in [3.8, 4) is 0 Å². The van der Waals surface area contributed by atoms with Gasteiger partial charge in [0.2, 0.25) is 0 Å².